The van der Waals surface area contributed by atoms with Gasteiger partial charge in [-0.15, -0.1) is 0 Å². The van der Waals surface area contributed by atoms with Gasteiger partial charge in [0.05, 0.1) is 0 Å². The number of benzene rings is 1. The van der Waals surface area contributed by atoms with Gasteiger partial charge in [0.25, 0.3) is 0 Å². The first-order valence-electron chi connectivity index (χ1n) is 5.92. The van der Waals surface area contributed by atoms with Crippen LogP contribution in [0.3, 0.4) is 0 Å². The Morgan fingerprint density at radius 3 is 1.00 bits per heavy atom. The summed E-state index contributed by atoms with van der Waals surface area (Å²) in [4.78, 5) is 0. The third-order valence-electron chi connectivity index (χ3n) is 1.17. The van der Waals surface area contributed by atoms with E-state index in [-0.39, 0.29) is 0 Å². The van der Waals surface area contributed by atoms with Gasteiger partial charge in [-0.3, -0.25) is 0 Å². The van der Waals surface area contributed by atoms with Gasteiger partial charge in [0.2, 0.25) is 0 Å². The van der Waals surface area contributed by atoms with Crippen molar-refractivity contribution < 1.29 is 60.3 Å². The fourth-order valence-electron chi connectivity index (χ4n) is 0.807. The standard InChI is InChI=1S/C7H7.4BH3O3.Li/c1-7-5-3-2-4-6-7;4*2-1(3)4;/h2-3,5-6H,1H3;4*2-4H;. The molecule has 0 heterocycles. The molecule has 1 aromatic carbocycles. The summed E-state index contributed by atoms with van der Waals surface area (Å²) in [6, 6.07) is 8.45. The van der Waals surface area contributed by atoms with Crippen LogP contribution >= 0.6 is 0 Å². The number of rotatable bonds is 0. The fraction of sp³-hybridized carbons (Fsp3) is 0.143. The van der Waals surface area contributed by atoms with Crippen LogP contribution in [-0.4, -0.2) is 107 Å². The molecule has 132 valence electrons. The Labute approximate surface area is 148 Å². The average Bonchev–Trinajstić information content (AvgIpc) is 2.24. The molecule has 0 spiro atoms. The molecule has 12 N–H and O–H groups in total. The topological polar surface area (TPSA) is 243 Å². The molecule has 12 nitrogen and oxygen atoms in total. The van der Waals surface area contributed by atoms with Crippen molar-refractivity contribution in [1.82, 2.24) is 0 Å². The van der Waals surface area contributed by atoms with E-state index in [1.165, 1.54) is 9.80 Å². The normalized spacial score (nSPS) is 7.62. The first kappa shape index (κ1) is 31.4. The van der Waals surface area contributed by atoms with Crippen molar-refractivity contribution in [2.45, 2.75) is 6.92 Å². The van der Waals surface area contributed by atoms with E-state index in [9.17, 15) is 0 Å². The van der Waals surface area contributed by atoms with Crippen molar-refractivity contribution >= 4 is 51.2 Å². The van der Waals surface area contributed by atoms with Crippen molar-refractivity contribution in [3.63, 3.8) is 0 Å². The van der Waals surface area contributed by atoms with Gasteiger partial charge in [-0.05, 0) is 0 Å². The van der Waals surface area contributed by atoms with Crippen LogP contribution < -0.4 is 4.24 Å². The Morgan fingerprint density at radius 2 is 0.875 bits per heavy atom. The zero-order chi connectivity index (χ0) is 20.3. The summed E-state index contributed by atoms with van der Waals surface area (Å²) < 4.78 is 1.34. The molecule has 0 aliphatic rings. The zero-order valence-electron chi connectivity index (χ0n) is 13.0. The van der Waals surface area contributed by atoms with Gasteiger partial charge in [0.15, 0.2) is 0 Å². The van der Waals surface area contributed by atoms with E-state index in [0.717, 1.165) is 0 Å². The summed E-state index contributed by atoms with van der Waals surface area (Å²) in [5.74, 6) is 0. The Hall–Kier alpha value is -0.403. The van der Waals surface area contributed by atoms with Gasteiger partial charge in [0, 0.05) is 0 Å². The first-order valence-corrected chi connectivity index (χ1v) is 5.92. The molecular formula is C7H19B4LiO12. The SMILES string of the molecule is OB(O)O.OB(O)O.OB(O)O.OB(O)O.[Li][c]1cccc(C)c1. The minimum absolute atomic E-state index is 1.34. The summed E-state index contributed by atoms with van der Waals surface area (Å²) >= 11 is 2.10. The quantitative estimate of drug-likeness (QED) is 0.196. The van der Waals surface area contributed by atoms with Gasteiger partial charge in [-0.2, -0.15) is 0 Å². The van der Waals surface area contributed by atoms with Crippen LogP contribution in [0.15, 0.2) is 24.3 Å². The molecule has 0 saturated heterocycles. The molecule has 17 heteroatoms. The molecule has 0 bridgehead atoms. The summed E-state index contributed by atoms with van der Waals surface area (Å²) in [6.07, 6.45) is 0. The summed E-state index contributed by atoms with van der Waals surface area (Å²) in [7, 11) is -8.67. The summed E-state index contributed by atoms with van der Waals surface area (Å²) in [6.45, 7) is 2.10. The molecule has 0 fully saturated rings. The second-order valence-corrected chi connectivity index (χ2v) is 3.54. The number of hydrogen-bond acceptors (Lipinski definition) is 12. The van der Waals surface area contributed by atoms with Crippen LogP contribution in [-0.2, 0) is 0 Å². The summed E-state index contributed by atoms with van der Waals surface area (Å²) in [5, 5.41) is 86.0. The predicted octanol–water partition coefficient (Wildman–Crippen LogP) is -7.42. The molecule has 0 radical (unpaired) electrons. The van der Waals surface area contributed by atoms with Gasteiger partial charge in [-0.1, -0.05) is 0 Å². The van der Waals surface area contributed by atoms with E-state index in [0.29, 0.717) is 0 Å². The van der Waals surface area contributed by atoms with Gasteiger partial charge in [0.1, 0.15) is 0 Å². The second kappa shape index (κ2) is 22.6. The number of aryl methyl sites for hydroxylation is 1. The second-order valence-electron chi connectivity index (χ2n) is 3.54. The molecule has 0 atom stereocenters. The van der Waals surface area contributed by atoms with Crippen LogP contribution in [0.2, 0.25) is 0 Å². The van der Waals surface area contributed by atoms with Crippen molar-refractivity contribution in [3.05, 3.63) is 29.8 Å². The average molecular weight is 345 g/mol. The Morgan fingerprint density at radius 1 is 0.625 bits per heavy atom. The van der Waals surface area contributed by atoms with Crippen molar-refractivity contribution in [2.75, 3.05) is 0 Å². The maximum absolute atomic E-state index is 7.17. The Kier molecular flexibility index (Phi) is 29.5. The van der Waals surface area contributed by atoms with E-state index in [1.54, 1.807) is 0 Å². The molecule has 0 aliphatic heterocycles. The number of hydrogen-bond donors (Lipinski definition) is 12. The van der Waals surface area contributed by atoms with E-state index >= 15 is 0 Å². The molecule has 0 amide bonds. The van der Waals surface area contributed by atoms with Crippen LogP contribution in [0.5, 0.6) is 0 Å². The molecular weight excluding hydrogens is 326 g/mol. The third kappa shape index (κ3) is 99.5. The molecule has 0 unspecified atom stereocenters. The van der Waals surface area contributed by atoms with Gasteiger partial charge in [-0.25, -0.2) is 0 Å². The zero-order valence-corrected chi connectivity index (χ0v) is 13.0. The van der Waals surface area contributed by atoms with E-state index in [4.69, 9.17) is 60.3 Å². The molecule has 0 saturated carbocycles. The van der Waals surface area contributed by atoms with Crippen LogP contribution in [0, 0.1) is 6.92 Å². The Balaban J connectivity index is -0.000000110. The first-order chi connectivity index (χ1) is 10.7. The van der Waals surface area contributed by atoms with Crippen LogP contribution in [0.1, 0.15) is 5.56 Å². The molecule has 24 heavy (non-hydrogen) atoms. The van der Waals surface area contributed by atoms with Crippen molar-refractivity contribution in [2.24, 2.45) is 0 Å². The molecule has 1 aromatic rings. The van der Waals surface area contributed by atoms with Gasteiger partial charge >= 0.3 is 88.0 Å². The van der Waals surface area contributed by atoms with E-state index in [1.807, 2.05) is 0 Å². The predicted molar refractivity (Wildman–Crippen MR) is 86.2 cm³/mol. The molecule has 1 rings (SSSR count). The monoisotopic (exact) mass is 346 g/mol. The van der Waals surface area contributed by atoms with Crippen molar-refractivity contribution in [3.8, 4) is 0 Å². The van der Waals surface area contributed by atoms with Crippen LogP contribution in [0.25, 0.3) is 0 Å². The van der Waals surface area contributed by atoms with E-state index < -0.39 is 29.3 Å². The molecule has 0 aliphatic carbocycles. The Bertz CT molecular complexity index is 306. The fourth-order valence-corrected chi connectivity index (χ4v) is 0.807. The molecule has 0 aromatic heterocycles. The third-order valence-corrected chi connectivity index (χ3v) is 1.17. The van der Waals surface area contributed by atoms with Gasteiger partial charge < -0.3 is 60.3 Å². The summed E-state index contributed by atoms with van der Waals surface area (Å²) in [5.41, 5.74) is 1.34. The maximum atomic E-state index is 7.17. The van der Waals surface area contributed by atoms with Crippen LogP contribution in [0.4, 0.5) is 0 Å². The minimum atomic E-state index is -2.17. The van der Waals surface area contributed by atoms with Crippen molar-refractivity contribution in [1.29, 1.82) is 0 Å². The van der Waals surface area contributed by atoms with E-state index in [2.05, 4.69) is 48.9 Å².